The molecule has 34 heavy (non-hydrogen) atoms. The number of hydrogen-bond donors (Lipinski definition) is 2. The highest BCUT2D eigenvalue weighted by Crippen LogP contribution is 2.23. The van der Waals surface area contributed by atoms with E-state index in [1.807, 2.05) is 0 Å². The predicted octanol–water partition coefficient (Wildman–Crippen LogP) is 3.96. The van der Waals surface area contributed by atoms with Gasteiger partial charge in [0.15, 0.2) is 0 Å². The van der Waals surface area contributed by atoms with Gasteiger partial charge in [-0.2, -0.15) is 0 Å². The Morgan fingerprint density at radius 3 is 2.24 bits per heavy atom. The number of hydrogen-bond acceptors (Lipinski definition) is 6. The minimum atomic E-state index is -3.87. The van der Waals surface area contributed by atoms with Crippen LogP contribution in [0.4, 0.5) is 21.9 Å². The second-order valence-corrected chi connectivity index (χ2v) is 9.09. The van der Waals surface area contributed by atoms with Gasteiger partial charge in [-0.15, -0.1) is 0 Å². The summed E-state index contributed by atoms with van der Waals surface area (Å²) in [5, 5.41) is 5.26. The average molecular weight is 484 g/mol. The van der Waals surface area contributed by atoms with Gasteiger partial charge in [0.1, 0.15) is 6.61 Å². The Morgan fingerprint density at radius 2 is 1.53 bits per heavy atom. The number of para-hydroxylation sites is 1. The molecule has 2 amide bonds. The van der Waals surface area contributed by atoms with E-state index in [-0.39, 0.29) is 23.7 Å². The maximum atomic E-state index is 13.0. The third-order valence-corrected chi connectivity index (χ3v) is 6.54. The van der Waals surface area contributed by atoms with Crippen LogP contribution in [0.15, 0.2) is 83.8 Å². The molecule has 3 aromatic carbocycles. The molecule has 0 saturated heterocycles. The van der Waals surface area contributed by atoms with Gasteiger partial charge in [-0.1, -0.05) is 30.3 Å². The number of carbonyl (C=O) groups excluding carboxylic acids is 2. The third-order valence-electron chi connectivity index (χ3n) is 4.76. The first-order valence-corrected chi connectivity index (χ1v) is 11.7. The zero-order chi connectivity index (χ0) is 24.6. The molecule has 0 aliphatic heterocycles. The molecule has 0 aliphatic rings. The summed E-state index contributed by atoms with van der Waals surface area (Å²) in [4.78, 5) is 24.6. The highest BCUT2D eigenvalue weighted by atomic mass is 32.2. The minimum Gasteiger partial charge on any atom is -0.447 e. The number of carbonyl (C=O) groups is 2. The summed E-state index contributed by atoms with van der Waals surface area (Å²) in [7, 11) is -0.913. The molecule has 178 valence electrons. The lowest BCUT2D eigenvalue weighted by Gasteiger charge is -2.19. The van der Waals surface area contributed by atoms with Crippen LogP contribution >= 0.6 is 0 Å². The third kappa shape index (κ3) is 6.33. The van der Waals surface area contributed by atoms with Gasteiger partial charge in [-0.05, 0) is 48.5 Å². The van der Waals surface area contributed by atoms with Crippen molar-refractivity contribution < 1.29 is 27.5 Å². The van der Waals surface area contributed by atoms with E-state index in [1.165, 1.54) is 38.4 Å². The lowest BCUT2D eigenvalue weighted by Crippen LogP contribution is -2.26. The second-order valence-electron chi connectivity index (χ2n) is 7.12. The molecule has 10 heteroatoms. The van der Waals surface area contributed by atoms with Crippen LogP contribution in [0.2, 0.25) is 0 Å². The Hall–Kier alpha value is -3.89. The normalized spacial score (nSPS) is 10.9. The minimum absolute atomic E-state index is 0.0132. The fourth-order valence-corrected chi connectivity index (χ4v) is 4.22. The van der Waals surface area contributed by atoms with Gasteiger partial charge in [-0.3, -0.25) is 14.4 Å². The van der Waals surface area contributed by atoms with Gasteiger partial charge in [0.2, 0.25) is 0 Å². The molecule has 0 unspecified atom stereocenters. The van der Waals surface area contributed by atoms with Crippen molar-refractivity contribution in [2.24, 2.45) is 0 Å². The molecule has 2 N–H and O–H groups in total. The number of nitrogens with one attached hydrogen (secondary N) is 2. The number of methoxy groups -OCH3 is 1. The van der Waals surface area contributed by atoms with E-state index in [0.29, 0.717) is 17.1 Å². The standard InChI is InChI=1S/C24H25N3O6S/c1-27(21-11-4-3-5-12-21)34(30,31)22-13-6-8-18(16-22)23(28)25-19-9-7-10-20(17-19)26-24(29)33-15-14-32-2/h3-13,16-17H,14-15H2,1-2H3,(H,25,28)(H,26,29). The van der Waals surface area contributed by atoms with Crippen LogP contribution in [0.1, 0.15) is 10.4 Å². The van der Waals surface area contributed by atoms with E-state index in [0.717, 1.165) is 4.31 Å². The van der Waals surface area contributed by atoms with Crippen LogP contribution < -0.4 is 14.9 Å². The van der Waals surface area contributed by atoms with Gasteiger partial charge in [0.25, 0.3) is 15.9 Å². The van der Waals surface area contributed by atoms with Crippen LogP contribution in [0.5, 0.6) is 0 Å². The number of anilines is 3. The summed E-state index contributed by atoms with van der Waals surface area (Å²) in [6, 6.07) is 20.9. The van der Waals surface area contributed by atoms with E-state index in [2.05, 4.69) is 10.6 Å². The highest BCUT2D eigenvalue weighted by Gasteiger charge is 2.22. The molecular weight excluding hydrogens is 458 g/mol. The lowest BCUT2D eigenvalue weighted by molar-refractivity contribution is 0.102. The second kappa shape index (κ2) is 11.3. The van der Waals surface area contributed by atoms with Gasteiger partial charge < -0.3 is 14.8 Å². The van der Waals surface area contributed by atoms with Gasteiger partial charge in [0, 0.05) is 31.1 Å². The number of ether oxygens (including phenoxy) is 2. The Kier molecular flexibility index (Phi) is 8.23. The van der Waals surface area contributed by atoms with Gasteiger partial charge in [-0.25, -0.2) is 13.2 Å². The maximum absolute atomic E-state index is 13.0. The first-order chi connectivity index (χ1) is 16.3. The molecule has 0 heterocycles. The molecule has 0 aliphatic carbocycles. The van der Waals surface area contributed by atoms with Crippen LogP contribution in [0, 0.1) is 0 Å². The summed E-state index contributed by atoms with van der Waals surface area (Å²) in [6.07, 6.45) is -0.652. The molecule has 0 fully saturated rings. The summed E-state index contributed by atoms with van der Waals surface area (Å²) in [5.41, 5.74) is 1.50. The zero-order valence-corrected chi connectivity index (χ0v) is 19.5. The first-order valence-electron chi connectivity index (χ1n) is 10.3. The quantitative estimate of drug-likeness (QED) is 0.446. The number of sulfonamides is 1. The molecule has 3 rings (SSSR count). The topological polar surface area (TPSA) is 114 Å². The summed E-state index contributed by atoms with van der Waals surface area (Å²) in [5.74, 6) is -0.501. The number of nitrogens with zero attached hydrogens (tertiary/aromatic N) is 1. The number of amides is 2. The van der Waals surface area contributed by atoms with Crippen LogP contribution in [0.25, 0.3) is 0 Å². The van der Waals surface area contributed by atoms with E-state index in [4.69, 9.17) is 9.47 Å². The van der Waals surface area contributed by atoms with E-state index >= 15 is 0 Å². The Bertz CT molecular complexity index is 1250. The van der Waals surface area contributed by atoms with Crippen LogP contribution in [-0.4, -0.2) is 47.8 Å². The Morgan fingerprint density at radius 1 is 0.853 bits per heavy atom. The number of benzene rings is 3. The smallest absolute Gasteiger partial charge is 0.411 e. The lowest BCUT2D eigenvalue weighted by atomic mass is 10.2. The highest BCUT2D eigenvalue weighted by molar-refractivity contribution is 7.92. The molecule has 0 aromatic heterocycles. The molecule has 0 atom stereocenters. The Balaban J connectivity index is 1.72. The van der Waals surface area contributed by atoms with Gasteiger partial charge in [0.05, 0.1) is 17.2 Å². The van der Waals surface area contributed by atoms with Crippen molar-refractivity contribution in [2.45, 2.75) is 4.90 Å². The van der Waals surface area contributed by atoms with Crippen LogP contribution in [-0.2, 0) is 19.5 Å². The van der Waals surface area contributed by atoms with Crippen molar-refractivity contribution >= 4 is 39.1 Å². The SMILES string of the molecule is COCCOC(=O)Nc1cccc(NC(=O)c2cccc(S(=O)(=O)N(C)c3ccccc3)c2)c1. The molecular formula is C24H25N3O6S. The first kappa shape index (κ1) is 24.7. The van der Waals surface area contributed by atoms with E-state index in [1.54, 1.807) is 54.6 Å². The van der Waals surface area contributed by atoms with Crippen molar-refractivity contribution in [3.05, 3.63) is 84.4 Å². The monoisotopic (exact) mass is 483 g/mol. The van der Waals surface area contributed by atoms with Gasteiger partial charge >= 0.3 is 6.09 Å². The molecule has 0 bridgehead atoms. The fourth-order valence-electron chi connectivity index (χ4n) is 2.98. The number of rotatable bonds is 9. The summed E-state index contributed by atoms with van der Waals surface area (Å²) >= 11 is 0. The summed E-state index contributed by atoms with van der Waals surface area (Å²) < 4.78 is 37.0. The summed E-state index contributed by atoms with van der Waals surface area (Å²) in [6.45, 7) is 0.386. The van der Waals surface area contributed by atoms with E-state index in [9.17, 15) is 18.0 Å². The fraction of sp³-hybridized carbons (Fsp3) is 0.167. The van der Waals surface area contributed by atoms with Crippen molar-refractivity contribution in [2.75, 3.05) is 42.3 Å². The average Bonchev–Trinajstić information content (AvgIpc) is 2.84. The van der Waals surface area contributed by atoms with Crippen molar-refractivity contribution in [3.8, 4) is 0 Å². The van der Waals surface area contributed by atoms with Crippen molar-refractivity contribution in [1.82, 2.24) is 0 Å². The predicted molar refractivity (Wildman–Crippen MR) is 130 cm³/mol. The van der Waals surface area contributed by atoms with E-state index < -0.39 is 22.0 Å². The van der Waals surface area contributed by atoms with Crippen LogP contribution in [0.3, 0.4) is 0 Å². The molecule has 0 saturated carbocycles. The van der Waals surface area contributed by atoms with Crippen molar-refractivity contribution in [3.63, 3.8) is 0 Å². The molecule has 9 nitrogen and oxygen atoms in total. The van der Waals surface area contributed by atoms with Crippen molar-refractivity contribution in [1.29, 1.82) is 0 Å². The largest absolute Gasteiger partial charge is 0.447 e. The Labute approximate surface area is 198 Å². The molecule has 0 spiro atoms. The molecule has 0 radical (unpaired) electrons. The maximum Gasteiger partial charge on any atom is 0.411 e. The zero-order valence-electron chi connectivity index (χ0n) is 18.7. The molecule has 3 aromatic rings.